The maximum absolute atomic E-state index is 5.25. The zero-order valence-electron chi connectivity index (χ0n) is 31.8. The van der Waals surface area contributed by atoms with Gasteiger partial charge in [0.15, 0.2) is 0 Å². The molecule has 6 aromatic carbocycles. The van der Waals surface area contributed by atoms with Crippen molar-refractivity contribution in [2.75, 3.05) is 0 Å². The Labute approximate surface area is 326 Å². The number of hydrogen-bond donors (Lipinski definition) is 0. The Balaban J connectivity index is 0.976. The van der Waals surface area contributed by atoms with Gasteiger partial charge in [0.2, 0.25) is 0 Å². The fourth-order valence-electron chi connectivity index (χ4n) is 8.10. The molecular formula is C52H38N4. The van der Waals surface area contributed by atoms with E-state index in [9.17, 15) is 0 Å². The molecule has 10 aromatic rings. The summed E-state index contributed by atoms with van der Waals surface area (Å²) in [7, 11) is 0. The van der Waals surface area contributed by atoms with Crippen molar-refractivity contribution in [3.05, 3.63) is 180 Å². The van der Waals surface area contributed by atoms with Crippen molar-refractivity contribution >= 4 is 43.6 Å². The van der Waals surface area contributed by atoms with Gasteiger partial charge in [-0.3, -0.25) is 0 Å². The summed E-state index contributed by atoms with van der Waals surface area (Å²) in [6, 6.07) is 55.4. The highest BCUT2D eigenvalue weighted by atomic mass is 14.8. The summed E-state index contributed by atoms with van der Waals surface area (Å²) in [5, 5.41) is 4.57. The van der Waals surface area contributed by atoms with Gasteiger partial charge in [-0.05, 0) is 85.3 Å². The third kappa shape index (κ3) is 5.61. The highest BCUT2D eigenvalue weighted by molar-refractivity contribution is 6.08. The number of hydrogen-bond acceptors (Lipinski definition) is 4. The normalized spacial score (nSPS) is 11.6. The zero-order chi connectivity index (χ0) is 37.9. The lowest BCUT2D eigenvalue weighted by atomic mass is 9.96. The second-order valence-corrected chi connectivity index (χ2v) is 14.8. The molecule has 0 amide bonds. The predicted octanol–water partition coefficient (Wildman–Crippen LogP) is 13.4. The molecule has 0 spiro atoms. The lowest BCUT2D eigenvalue weighted by Gasteiger charge is -2.14. The number of rotatable bonds is 5. The van der Waals surface area contributed by atoms with Crippen molar-refractivity contribution < 1.29 is 0 Å². The molecule has 56 heavy (non-hydrogen) atoms. The molecule has 0 atom stereocenters. The SMILES string of the molecule is Cc1c(C)c2ccc(-c3ccc(-c4ccc(-c5ccc6c(C)c(C)c7ccc(-c8ccccc8)nc7c6n5)cc4)cc3)nc2c2nc(-c3ccccc3)ccc12. The molecule has 266 valence electrons. The summed E-state index contributed by atoms with van der Waals surface area (Å²) in [5.74, 6) is 0. The van der Waals surface area contributed by atoms with Crippen LogP contribution in [0.3, 0.4) is 0 Å². The Hall–Kier alpha value is -7.04. The van der Waals surface area contributed by atoms with E-state index in [4.69, 9.17) is 19.9 Å². The third-order valence-electron chi connectivity index (χ3n) is 11.6. The first-order valence-electron chi connectivity index (χ1n) is 19.1. The van der Waals surface area contributed by atoms with Crippen LogP contribution in [-0.2, 0) is 0 Å². The molecule has 0 aliphatic carbocycles. The summed E-state index contributed by atoms with van der Waals surface area (Å²) in [5.41, 5.74) is 19.1. The topological polar surface area (TPSA) is 51.6 Å². The zero-order valence-corrected chi connectivity index (χ0v) is 31.8. The molecule has 0 saturated carbocycles. The summed E-state index contributed by atoms with van der Waals surface area (Å²) in [4.78, 5) is 20.9. The summed E-state index contributed by atoms with van der Waals surface area (Å²) in [6.45, 7) is 8.73. The summed E-state index contributed by atoms with van der Waals surface area (Å²) in [6.07, 6.45) is 0. The molecule has 10 rings (SSSR count). The van der Waals surface area contributed by atoms with Crippen LogP contribution in [-0.4, -0.2) is 19.9 Å². The maximum atomic E-state index is 5.25. The Morgan fingerprint density at radius 2 is 0.464 bits per heavy atom. The highest BCUT2D eigenvalue weighted by Gasteiger charge is 2.16. The monoisotopic (exact) mass is 718 g/mol. The largest absolute Gasteiger partial charge is 0.245 e. The molecule has 0 aliphatic heterocycles. The van der Waals surface area contributed by atoms with Crippen LogP contribution in [0.4, 0.5) is 0 Å². The van der Waals surface area contributed by atoms with Crippen LogP contribution in [0, 0.1) is 27.7 Å². The first-order chi connectivity index (χ1) is 27.4. The fraction of sp³-hybridized carbons (Fsp3) is 0.0769. The Kier molecular flexibility index (Phi) is 8.00. The minimum Gasteiger partial charge on any atom is -0.245 e. The molecule has 0 bridgehead atoms. The van der Waals surface area contributed by atoms with Crippen LogP contribution in [0.1, 0.15) is 22.3 Å². The third-order valence-corrected chi connectivity index (χ3v) is 11.6. The molecule has 0 fully saturated rings. The molecular weight excluding hydrogens is 681 g/mol. The van der Waals surface area contributed by atoms with Gasteiger partial charge >= 0.3 is 0 Å². The lowest BCUT2D eigenvalue weighted by Crippen LogP contribution is -1.96. The number of aryl methyl sites for hydroxylation is 4. The predicted molar refractivity (Wildman–Crippen MR) is 234 cm³/mol. The van der Waals surface area contributed by atoms with Crippen molar-refractivity contribution in [2.45, 2.75) is 27.7 Å². The summed E-state index contributed by atoms with van der Waals surface area (Å²) < 4.78 is 0. The number of benzene rings is 6. The van der Waals surface area contributed by atoms with E-state index in [-0.39, 0.29) is 0 Å². The van der Waals surface area contributed by atoms with Gasteiger partial charge < -0.3 is 0 Å². The highest BCUT2D eigenvalue weighted by Crippen LogP contribution is 2.36. The minimum absolute atomic E-state index is 0.932. The van der Waals surface area contributed by atoms with Gasteiger partial charge in [-0.15, -0.1) is 0 Å². The van der Waals surface area contributed by atoms with Gasteiger partial charge in [0.05, 0.1) is 44.8 Å². The van der Waals surface area contributed by atoms with Crippen molar-refractivity contribution in [3.8, 4) is 56.2 Å². The Bertz CT molecular complexity index is 2920. The molecule has 4 heteroatoms. The maximum Gasteiger partial charge on any atom is 0.0975 e. The van der Waals surface area contributed by atoms with Gasteiger partial charge in [0.1, 0.15) is 0 Å². The quantitative estimate of drug-likeness (QED) is 0.166. The van der Waals surface area contributed by atoms with Crippen molar-refractivity contribution in [1.82, 2.24) is 19.9 Å². The standard InChI is InChI=1S/C52H38N4/c1-31-33(3)43-25-29-47(55-51(43)49-41(31)23-27-45(53-49)37-11-7-5-8-12-37)39-19-15-35(16-20-39)36-17-21-40(22-18-36)48-30-26-44-34(4)32(2)42-24-28-46(38-13-9-6-10-14-38)54-50(42)52(44)56-48/h5-30H,1-4H3. The van der Waals surface area contributed by atoms with Crippen LogP contribution in [0.15, 0.2) is 158 Å². The van der Waals surface area contributed by atoms with E-state index in [1.165, 1.54) is 22.3 Å². The molecule has 4 aromatic heterocycles. The smallest absolute Gasteiger partial charge is 0.0975 e. The van der Waals surface area contributed by atoms with Gasteiger partial charge in [-0.2, -0.15) is 0 Å². The van der Waals surface area contributed by atoms with E-state index in [0.29, 0.717) is 0 Å². The first kappa shape index (κ1) is 33.5. The van der Waals surface area contributed by atoms with Crippen LogP contribution in [0.5, 0.6) is 0 Å². The van der Waals surface area contributed by atoms with Crippen LogP contribution in [0.25, 0.3) is 99.8 Å². The molecule has 0 saturated heterocycles. The molecule has 0 aliphatic rings. The Morgan fingerprint density at radius 1 is 0.232 bits per heavy atom. The van der Waals surface area contributed by atoms with Gasteiger partial charge in [0.25, 0.3) is 0 Å². The minimum atomic E-state index is 0.932. The van der Waals surface area contributed by atoms with Gasteiger partial charge in [0, 0.05) is 43.8 Å². The second kappa shape index (κ2) is 13.4. The first-order valence-corrected chi connectivity index (χ1v) is 19.1. The molecule has 0 N–H and O–H groups in total. The van der Waals surface area contributed by atoms with E-state index < -0.39 is 0 Å². The number of aromatic nitrogens is 4. The van der Waals surface area contributed by atoms with Gasteiger partial charge in [-0.25, -0.2) is 19.9 Å². The van der Waals surface area contributed by atoms with Crippen molar-refractivity contribution in [3.63, 3.8) is 0 Å². The molecule has 0 radical (unpaired) electrons. The average molecular weight is 719 g/mol. The van der Waals surface area contributed by atoms with E-state index in [1.54, 1.807) is 0 Å². The van der Waals surface area contributed by atoms with E-state index in [1.807, 2.05) is 12.1 Å². The van der Waals surface area contributed by atoms with E-state index in [2.05, 4.69) is 173 Å². The van der Waals surface area contributed by atoms with Crippen molar-refractivity contribution in [2.24, 2.45) is 0 Å². The Morgan fingerprint density at radius 3 is 0.732 bits per heavy atom. The van der Waals surface area contributed by atoms with Crippen LogP contribution >= 0.6 is 0 Å². The number of fused-ring (bicyclic) bond motifs is 6. The van der Waals surface area contributed by atoms with Crippen LogP contribution < -0.4 is 0 Å². The van der Waals surface area contributed by atoms with Gasteiger partial charge in [-0.1, -0.05) is 133 Å². The number of pyridine rings is 4. The second-order valence-electron chi connectivity index (χ2n) is 14.8. The molecule has 4 heterocycles. The van der Waals surface area contributed by atoms with Crippen molar-refractivity contribution in [1.29, 1.82) is 0 Å². The molecule has 4 nitrogen and oxygen atoms in total. The lowest BCUT2D eigenvalue weighted by molar-refractivity contribution is 1.33. The van der Waals surface area contributed by atoms with Crippen LogP contribution in [0.2, 0.25) is 0 Å². The number of nitrogens with zero attached hydrogens (tertiary/aromatic N) is 4. The summed E-state index contributed by atoms with van der Waals surface area (Å²) >= 11 is 0. The fourth-order valence-corrected chi connectivity index (χ4v) is 8.10. The van der Waals surface area contributed by atoms with E-state index >= 15 is 0 Å². The van der Waals surface area contributed by atoms with E-state index in [0.717, 1.165) is 99.8 Å². The molecule has 0 unspecified atom stereocenters. The average Bonchev–Trinajstić information content (AvgIpc) is 3.27.